The number of ether oxygens (including phenoxy) is 6. The summed E-state index contributed by atoms with van der Waals surface area (Å²) in [5, 5.41) is 0.498. The number of rotatable bonds is 10. The van der Waals surface area contributed by atoms with Gasteiger partial charge in [-0.3, -0.25) is 9.59 Å². The molecule has 3 aromatic rings. The van der Waals surface area contributed by atoms with E-state index >= 15 is 0 Å². The number of carbonyl (C=O) groups excluding carboxylic acids is 2. The Morgan fingerprint density at radius 2 is 1.71 bits per heavy atom. The van der Waals surface area contributed by atoms with E-state index in [-0.39, 0.29) is 19.6 Å². The van der Waals surface area contributed by atoms with Crippen molar-refractivity contribution in [1.29, 1.82) is 0 Å². The van der Waals surface area contributed by atoms with Gasteiger partial charge in [0.25, 0.3) is 5.91 Å². The lowest BCUT2D eigenvalue weighted by Gasteiger charge is -2.26. The molecule has 0 radical (unpaired) electrons. The number of para-hydroxylation sites is 1. The van der Waals surface area contributed by atoms with Crippen molar-refractivity contribution in [3.63, 3.8) is 0 Å². The molecule has 2 atom stereocenters. The number of anilines is 1. The Morgan fingerprint density at radius 1 is 0.951 bits per heavy atom. The fourth-order valence-electron chi connectivity index (χ4n) is 4.90. The van der Waals surface area contributed by atoms with Crippen LogP contribution in [-0.4, -0.2) is 53.0 Å². The fraction of sp³-hybridized carbons (Fsp3) is 0.355. The summed E-state index contributed by atoms with van der Waals surface area (Å²) in [6.07, 6.45) is -2.29. The quantitative estimate of drug-likeness (QED) is 0.282. The lowest BCUT2D eigenvalue weighted by molar-refractivity contribution is -0.151. The number of carbonyl (C=O) groups is 2. The molecule has 0 spiro atoms. The Labute approximate surface area is 244 Å². The minimum atomic E-state index is -1.18. The number of aryl methyl sites for hydroxylation is 1. The molecule has 0 aliphatic carbocycles. The average Bonchev–Trinajstić information content (AvgIpc) is 3.07. The second-order valence-electron chi connectivity index (χ2n) is 9.36. The number of hydrogen-bond acceptors (Lipinski definition) is 8. The number of hydrogen-bond donors (Lipinski definition) is 0. The van der Waals surface area contributed by atoms with E-state index in [0.29, 0.717) is 44.8 Å². The standard InChI is InChI=1S/C31H34ClNO8/c1-7-40-28(34)16-27-31(35)33(17-19-11-12-20(36-3)14-26(19)38-5)24-13-18(2)23(32)15-22(24)29(41-27)21-9-8-10-25(37-4)30(21)39-6/h8-15,27,29H,7,16-17H2,1-6H3/t27-,29-/m1/s1. The highest BCUT2D eigenvalue weighted by Crippen LogP contribution is 2.46. The third-order valence-electron chi connectivity index (χ3n) is 6.92. The first kappa shape index (κ1) is 30.0. The summed E-state index contributed by atoms with van der Waals surface area (Å²) >= 11 is 6.65. The summed E-state index contributed by atoms with van der Waals surface area (Å²) in [5.41, 5.74) is 3.31. The molecular weight excluding hydrogens is 550 g/mol. The lowest BCUT2D eigenvalue weighted by Crippen LogP contribution is -2.40. The molecule has 0 unspecified atom stereocenters. The van der Waals surface area contributed by atoms with E-state index in [0.717, 1.165) is 11.1 Å². The molecule has 4 rings (SSSR count). The molecule has 1 aliphatic heterocycles. The molecule has 0 fully saturated rings. The van der Waals surface area contributed by atoms with Crippen LogP contribution in [0.2, 0.25) is 5.02 Å². The number of benzene rings is 3. The Morgan fingerprint density at radius 3 is 2.37 bits per heavy atom. The average molecular weight is 584 g/mol. The Hall–Kier alpha value is -3.95. The van der Waals surface area contributed by atoms with Gasteiger partial charge in [-0.2, -0.15) is 0 Å². The number of nitrogens with zero attached hydrogens (tertiary/aromatic N) is 1. The number of esters is 1. The van der Waals surface area contributed by atoms with Crippen LogP contribution >= 0.6 is 11.6 Å². The predicted octanol–water partition coefficient (Wildman–Crippen LogP) is 5.66. The zero-order chi connectivity index (χ0) is 29.7. The molecule has 1 amide bonds. The van der Waals surface area contributed by atoms with Gasteiger partial charge < -0.3 is 33.3 Å². The second kappa shape index (κ2) is 13.1. The molecule has 3 aromatic carbocycles. The van der Waals surface area contributed by atoms with Crippen molar-refractivity contribution in [2.45, 2.75) is 39.0 Å². The maximum Gasteiger partial charge on any atom is 0.308 e. The van der Waals surface area contributed by atoms with Crippen LogP contribution in [-0.2, 0) is 25.6 Å². The molecule has 41 heavy (non-hydrogen) atoms. The molecule has 10 heteroatoms. The first-order valence-corrected chi connectivity index (χ1v) is 13.5. The zero-order valence-corrected chi connectivity index (χ0v) is 24.7. The predicted molar refractivity (Wildman–Crippen MR) is 154 cm³/mol. The van der Waals surface area contributed by atoms with E-state index in [1.54, 1.807) is 57.4 Å². The van der Waals surface area contributed by atoms with Crippen LogP contribution < -0.4 is 23.8 Å². The van der Waals surface area contributed by atoms with E-state index in [1.165, 1.54) is 7.11 Å². The van der Waals surface area contributed by atoms with Crippen LogP contribution in [0.5, 0.6) is 23.0 Å². The SMILES string of the molecule is CCOC(=O)C[C@H]1O[C@H](c2cccc(OC)c2OC)c2cc(Cl)c(C)cc2N(Cc2ccc(OC)cc2OC)C1=O. The van der Waals surface area contributed by atoms with Gasteiger partial charge in [-0.1, -0.05) is 23.7 Å². The summed E-state index contributed by atoms with van der Waals surface area (Å²) < 4.78 is 33.9. The summed E-state index contributed by atoms with van der Waals surface area (Å²) in [6, 6.07) is 14.4. The molecular formula is C31H34ClNO8. The highest BCUT2D eigenvalue weighted by Gasteiger charge is 2.40. The minimum Gasteiger partial charge on any atom is -0.497 e. The maximum absolute atomic E-state index is 14.3. The van der Waals surface area contributed by atoms with Crippen LogP contribution in [0.3, 0.4) is 0 Å². The number of methoxy groups -OCH3 is 4. The molecule has 218 valence electrons. The van der Waals surface area contributed by atoms with Crippen molar-refractivity contribution in [1.82, 2.24) is 0 Å². The van der Waals surface area contributed by atoms with Crippen molar-refractivity contribution in [2.24, 2.45) is 0 Å². The fourth-order valence-corrected chi connectivity index (χ4v) is 5.07. The van der Waals surface area contributed by atoms with Gasteiger partial charge in [-0.25, -0.2) is 0 Å². The van der Waals surface area contributed by atoms with Crippen molar-refractivity contribution >= 4 is 29.2 Å². The van der Waals surface area contributed by atoms with Gasteiger partial charge >= 0.3 is 5.97 Å². The van der Waals surface area contributed by atoms with Gasteiger partial charge in [0, 0.05) is 27.8 Å². The number of halogens is 1. The summed E-state index contributed by atoms with van der Waals surface area (Å²) in [7, 11) is 6.20. The van der Waals surface area contributed by atoms with Crippen LogP contribution in [0.15, 0.2) is 48.5 Å². The molecule has 0 saturated carbocycles. The van der Waals surface area contributed by atoms with E-state index in [1.807, 2.05) is 31.2 Å². The second-order valence-corrected chi connectivity index (χ2v) is 9.77. The molecule has 0 saturated heterocycles. The first-order valence-electron chi connectivity index (χ1n) is 13.1. The van der Waals surface area contributed by atoms with E-state index < -0.39 is 24.1 Å². The highest BCUT2D eigenvalue weighted by atomic mass is 35.5. The van der Waals surface area contributed by atoms with Crippen LogP contribution in [0.4, 0.5) is 5.69 Å². The van der Waals surface area contributed by atoms with Gasteiger partial charge in [-0.05, 0) is 49.7 Å². The summed E-state index contributed by atoms with van der Waals surface area (Å²) in [5.74, 6) is 1.13. The van der Waals surface area contributed by atoms with Crippen LogP contribution in [0.25, 0.3) is 0 Å². The van der Waals surface area contributed by atoms with E-state index in [4.69, 9.17) is 40.0 Å². The van der Waals surface area contributed by atoms with Crippen LogP contribution in [0.1, 0.15) is 41.7 Å². The third kappa shape index (κ3) is 6.21. The molecule has 1 heterocycles. The topological polar surface area (TPSA) is 92.8 Å². The molecule has 9 nitrogen and oxygen atoms in total. The largest absolute Gasteiger partial charge is 0.497 e. The number of amides is 1. The molecule has 1 aliphatic rings. The van der Waals surface area contributed by atoms with Gasteiger partial charge in [0.1, 0.15) is 23.7 Å². The minimum absolute atomic E-state index is 0.130. The maximum atomic E-state index is 14.3. The summed E-state index contributed by atoms with van der Waals surface area (Å²) in [4.78, 5) is 28.5. The van der Waals surface area contributed by atoms with E-state index in [9.17, 15) is 9.59 Å². The Balaban J connectivity index is 1.94. The number of fused-ring (bicyclic) bond motifs is 1. The van der Waals surface area contributed by atoms with E-state index in [2.05, 4.69) is 0 Å². The van der Waals surface area contributed by atoms with Gasteiger partial charge in [0.15, 0.2) is 11.5 Å². The van der Waals surface area contributed by atoms with Crippen molar-refractivity contribution in [2.75, 3.05) is 39.9 Å². The van der Waals surface area contributed by atoms with Gasteiger partial charge in [0.2, 0.25) is 0 Å². The first-order chi connectivity index (χ1) is 19.8. The highest BCUT2D eigenvalue weighted by molar-refractivity contribution is 6.31. The molecule has 0 N–H and O–H groups in total. The van der Waals surface area contributed by atoms with Gasteiger partial charge in [0.05, 0.1) is 53.7 Å². The molecule has 0 bridgehead atoms. The van der Waals surface area contributed by atoms with Crippen molar-refractivity contribution < 1.29 is 38.0 Å². The van der Waals surface area contributed by atoms with Crippen molar-refractivity contribution in [3.05, 3.63) is 75.8 Å². The smallest absolute Gasteiger partial charge is 0.308 e. The molecule has 0 aromatic heterocycles. The normalized spacial score (nSPS) is 16.5. The lowest BCUT2D eigenvalue weighted by atomic mass is 9.96. The Kier molecular flexibility index (Phi) is 9.62. The monoisotopic (exact) mass is 583 g/mol. The zero-order valence-electron chi connectivity index (χ0n) is 24.0. The van der Waals surface area contributed by atoms with Gasteiger partial charge in [-0.15, -0.1) is 0 Å². The Bertz CT molecular complexity index is 1430. The van der Waals surface area contributed by atoms with Crippen LogP contribution in [0, 0.1) is 6.92 Å². The third-order valence-corrected chi connectivity index (χ3v) is 7.33. The van der Waals surface area contributed by atoms with Crippen molar-refractivity contribution in [3.8, 4) is 23.0 Å². The summed E-state index contributed by atoms with van der Waals surface area (Å²) in [6.45, 7) is 3.88.